The zero-order valence-electron chi connectivity index (χ0n) is 9.59. The molecule has 0 aliphatic heterocycles. The van der Waals surface area contributed by atoms with E-state index in [1.54, 1.807) is 6.92 Å². The Morgan fingerprint density at radius 3 is 2.62 bits per heavy atom. The predicted molar refractivity (Wildman–Crippen MR) is 60.9 cm³/mol. The Balaban J connectivity index is 4.37. The van der Waals surface area contributed by atoms with E-state index in [9.17, 15) is 8.42 Å². The van der Waals surface area contributed by atoms with Crippen molar-refractivity contribution in [2.45, 2.75) is 13.3 Å². The Bertz CT molecular complexity index is 315. The second kappa shape index (κ2) is 7.42. The monoisotopic (exact) mass is 253 g/mol. The fourth-order valence-corrected chi connectivity index (χ4v) is 2.50. The molecule has 8 heteroatoms. The van der Waals surface area contributed by atoms with Crippen molar-refractivity contribution in [2.75, 3.05) is 32.6 Å². The molecular weight excluding hydrogens is 234 g/mol. The molecule has 0 aromatic rings. The highest BCUT2D eigenvalue weighted by Crippen LogP contribution is 2.02. The fourth-order valence-electron chi connectivity index (χ4n) is 1.10. The summed E-state index contributed by atoms with van der Waals surface area (Å²) in [6.07, 6.45) is 0.205. The average molecular weight is 253 g/mol. The Kier molecular flexibility index (Phi) is 7.02. The van der Waals surface area contributed by atoms with Crippen LogP contribution in [-0.2, 0) is 14.8 Å². The van der Waals surface area contributed by atoms with Gasteiger partial charge in [0.05, 0.1) is 12.4 Å². The van der Waals surface area contributed by atoms with Crippen LogP contribution >= 0.6 is 0 Å². The standard InChI is InChI=1S/C8H19N3O4S/c1-3-11(5-4-8(9)10-12)16(13,14)7-6-15-2/h12H,3-7H2,1-2H3,(H2,9,10). The van der Waals surface area contributed by atoms with E-state index in [0.29, 0.717) is 6.54 Å². The molecule has 0 atom stereocenters. The second-order valence-electron chi connectivity index (χ2n) is 3.14. The summed E-state index contributed by atoms with van der Waals surface area (Å²) in [6.45, 7) is 2.45. The minimum Gasteiger partial charge on any atom is -0.409 e. The van der Waals surface area contributed by atoms with Crippen molar-refractivity contribution in [3.63, 3.8) is 0 Å². The summed E-state index contributed by atoms with van der Waals surface area (Å²) >= 11 is 0. The molecule has 0 amide bonds. The van der Waals surface area contributed by atoms with Gasteiger partial charge in [0.25, 0.3) is 0 Å². The van der Waals surface area contributed by atoms with Crippen LogP contribution in [0.25, 0.3) is 0 Å². The van der Waals surface area contributed by atoms with Crippen molar-refractivity contribution < 1.29 is 18.4 Å². The normalized spacial score (nSPS) is 13.3. The van der Waals surface area contributed by atoms with Gasteiger partial charge in [-0.3, -0.25) is 0 Å². The molecule has 0 heterocycles. The fraction of sp³-hybridized carbons (Fsp3) is 0.875. The molecule has 0 bridgehead atoms. The Morgan fingerprint density at radius 2 is 2.19 bits per heavy atom. The van der Waals surface area contributed by atoms with Crippen LogP contribution < -0.4 is 5.73 Å². The zero-order valence-corrected chi connectivity index (χ0v) is 10.4. The van der Waals surface area contributed by atoms with E-state index in [1.807, 2.05) is 0 Å². The van der Waals surface area contributed by atoms with Gasteiger partial charge < -0.3 is 15.7 Å². The van der Waals surface area contributed by atoms with Crippen LogP contribution in [0.1, 0.15) is 13.3 Å². The number of nitrogens with zero attached hydrogens (tertiary/aromatic N) is 2. The number of methoxy groups -OCH3 is 1. The molecule has 0 saturated carbocycles. The van der Waals surface area contributed by atoms with Crippen LogP contribution in [0.5, 0.6) is 0 Å². The lowest BCUT2D eigenvalue weighted by Crippen LogP contribution is -2.36. The third-order valence-corrected chi connectivity index (χ3v) is 3.95. The molecular formula is C8H19N3O4S. The minimum atomic E-state index is -3.32. The predicted octanol–water partition coefficient (Wildman–Crippen LogP) is -0.579. The molecule has 0 saturated heterocycles. The summed E-state index contributed by atoms with van der Waals surface area (Å²) in [5.41, 5.74) is 5.27. The van der Waals surface area contributed by atoms with Gasteiger partial charge in [0.1, 0.15) is 5.84 Å². The van der Waals surface area contributed by atoms with E-state index in [4.69, 9.17) is 15.7 Å². The van der Waals surface area contributed by atoms with Crippen molar-refractivity contribution in [2.24, 2.45) is 10.9 Å². The minimum absolute atomic E-state index is 0.0143. The van der Waals surface area contributed by atoms with Gasteiger partial charge in [-0.2, -0.15) is 0 Å². The van der Waals surface area contributed by atoms with Gasteiger partial charge in [0.2, 0.25) is 10.0 Å². The molecule has 0 aliphatic rings. The van der Waals surface area contributed by atoms with Gasteiger partial charge in [-0.15, -0.1) is 0 Å². The third-order valence-electron chi connectivity index (χ3n) is 2.04. The molecule has 0 unspecified atom stereocenters. The van der Waals surface area contributed by atoms with Gasteiger partial charge in [-0.25, -0.2) is 12.7 Å². The highest BCUT2D eigenvalue weighted by atomic mass is 32.2. The summed E-state index contributed by atoms with van der Waals surface area (Å²) < 4.78 is 29.5. The molecule has 3 N–H and O–H groups in total. The summed E-state index contributed by atoms with van der Waals surface area (Å²) in [5.74, 6) is -0.0477. The van der Waals surface area contributed by atoms with Gasteiger partial charge >= 0.3 is 0 Å². The summed E-state index contributed by atoms with van der Waals surface area (Å²) in [4.78, 5) is 0. The van der Waals surface area contributed by atoms with Crippen molar-refractivity contribution in [3.05, 3.63) is 0 Å². The number of hydrogen-bond donors (Lipinski definition) is 2. The maximum absolute atomic E-state index is 11.7. The lowest BCUT2D eigenvalue weighted by Gasteiger charge is -2.19. The van der Waals surface area contributed by atoms with E-state index >= 15 is 0 Å². The summed E-state index contributed by atoms with van der Waals surface area (Å²) in [6, 6.07) is 0. The number of ether oxygens (including phenoxy) is 1. The molecule has 7 nitrogen and oxygen atoms in total. The Labute approximate surface area is 95.9 Å². The topological polar surface area (TPSA) is 105 Å². The van der Waals surface area contributed by atoms with E-state index in [1.165, 1.54) is 11.4 Å². The summed E-state index contributed by atoms with van der Waals surface area (Å²) in [7, 11) is -1.88. The molecule has 0 aliphatic carbocycles. The van der Waals surface area contributed by atoms with Crippen LogP contribution in [0.2, 0.25) is 0 Å². The van der Waals surface area contributed by atoms with E-state index < -0.39 is 10.0 Å². The van der Waals surface area contributed by atoms with Gasteiger partial charge in [-0.1, -0.05) is 12.1 Å². The van der Waals surface area contributed by atoms with Crippen molar-refractivity contribution in [3.8, 4) is 0 Å². The number of sulfonamides is 1. The third kappa shape index (κ3) is 5.29. The van der Waals surface area contributed by atoms with Crippen molar-refractivity contribution in [1.82, 2.24) is 4.31 Å². The van der Waals surface area contributed by atoms with Crippen LogP contribution in [0.15, 0.2) is 5.16 Å². The number of nitrogens with two attached hydrogens (primary N) is 1. The highest BCUT2D eigenvalue weighted by Gasteiger charge is 2.19. The first-order chi connectivity index (χ1) is 7.47. The number of hydrogen-bond acceptors (Lipinski definition) is 5. The average Bonchev–Trinajstić information content (AvgIpc) is 2.26. The van der Waals surface area contributed by atoms with Crippen LogP contribution in [-0.4, -0.2) is 56.3 Å². The maximum Gasteiger partial charge on any atom is 0.216 e. The van der Waals surface area contributed by atoms with Gasteiger partial charge in [-0.05, 0) is 0 Å². The SMILES string of the molecule is CCN(CCC(N)=NO)S(=O)(=O)CCOC. The molecule has 96 valence electrons. The summed E-state index contributed by atoms with van der Waals surface area (Å²) in [5, 5.41) is 11.1. The first-order valence-corrected chi connectivity index (χ1v) is 6.52. The largest absolute Gasteiger partial charge is 0.409 e. The molecule has 16 heavy (non-hydrogen) atoms. The zero-order chi connectivity index (χ0) is 12.6. The van der Waals surface area contributed by atoms with Crippen LogP contribution in [0, 0.1) is 0 Å². The van der Waals surface area contributed by atoms with Crippen molar-refractivity contribution in [1.29, 1.82) is 0 Å². The molecule has 0 spiro atoms. The van der Waals surface area contributed by atoms with Gasteiger partial charge in [0.15, 0.2) is 0 Å². The number of oxime groups is 1. The molecule has 0 fully saturated rings. The lowest BCUT2D eigenvalue weighted by molar-refractivity contribution is 0.215. The van der Waals surface area contributed by atoms with Gasteiger partial charge in [0, 0.05) is 26.6 Å². The van der Waals surface area contributed by atoms with E-state index in [0.717, 1.165) is 0 Å². The first-order valence-electron chi connectivity index (χ1n) is 4.91. The highest BCUT2D eigenvalue weighted by molar-refractivity contribution is 7.89. The molecule has 0 rings (SSSR count). The Morgan fingerprint density at radius 1 is 1.56 bits per heavy atom. The van der Waals surface area contributed by atoms with E-state index in [-0.39, 0.29) is 31.2 Å². The number of amidine groups is 1. The maximum atomic E-state index is 11.7. The Hall–Kier alpha value is -0.860. The first kappa shape index (κ1) is 15.1. The molecule has 0 radical (unpaired) electrons. The number of rotatable bonds is 8. The van der Waals surface area contributed by atoms with E-state index in [2.05, 4.69) is 5.16 Å². The smallest absolute Gasteiger partial charge is 0.216 e. The molecule has 0 aromatic heterocycles. The van der Waals surface area contributed by atoms with Crippen molar-refractivity contribution >= 4 is 15.9 Å². The quantitative estimate of drug-likeness (QED) is 0.260. The van der Waals surface area contributed by atoms with Crippen LogP contribution in [0.3, 0.4) is 0 Å². The second-order valence-corrected chi connectivity index (χ2v) is 5.23. The van der Waals surface area contributed by atoms with Crippen LogP contribution in [0.4, 0.5) is 0 Å². The molecule has 0 aromatic carbocycles. The lowest BCUT2D eigenvalue weighted by atomic mass is 10.4.